The van der Waals surface area contributed by atoms with Crippen LogP contribution in [0.3, 0.4) is 0 Å². The third kappa shape index (κ3) is 5.31. The molecule has 4 nitrogen and oxygen atoms in total. The molecule has 1 aromatic carbocycles. The zero-order valence-corrected chi connectivity index (χ0v) is 14.2. The van der Waals surface area contributed by atoms with Gasteiger partial charge in [-0.2, -0.15) is 8.78 Å². The fraction of sp³-hybridized carbons (Fsp3) is 0.588. The van der Waals surface area contributed by atoms with E-state index >= 15 is 0 Å². The number of benzene rings is 1. The first-order valence-electron chi connectivity index (χ1n) is 8.17. The van der Waals surface area contributed by atoms with Crippen molar-refractivity contribution in [3.05, 3.63) is 29.8 Å². The van der Waals surface area contributed by atoms with Crippen LogP contribution in [0.5, 0.6) is 5.75 Å². The van der Waals surface area contributed by atoms with Crippen LogP contribution < -0.4 is 15.4 Å². The average molecular weight is 361 g/mol. The molecule has 2 aliphatic rings. The monoisotopic (exact) mass is 360 g/mol. The van der Waals surface area contributed by atoms with Crippen LogP contribution >= 0.6 is 12.4 Å². The Morgan fingerprint density at radius 2 is 1.83 bits per heavy atom. The Labute approximate surface area is 146 Å². The van der Waals surface area contributed by atoms with Crippen LogP contribution in [0.1, 0.15) is 37.7 Å². The lowest BCUT2D eigenvalue weighted by atomic mass is 9.99. The quantitative estimate of drug-likeness (QED) is 0.819. The van der Waals surface area contributed by atoms with Crippen molar-refractivity contribution in [2.75, 3.05) is 0 Å². The third-order valence-corrected chi connectivity index (χ3v) is 4.63. The maximum atomic E-state index is 12.1. The summed E-state index contributed by atoms with van der Waals surface area (Å²) in [5.41, 5.74) is 0.937. The molecule has 0 aliphatic carbocycles. The Hall–Kier alpha value is -1.40. The lowest BCUT2D eigenvalue weighted by Gasteiger charge is -2.29. The highest BCUT2D eigenvalue weighted by atomic mass is 35.5. The standard InChI is InChI=1S/C17H22F2N2O2.ClH/c18-17(19)23-15-6-1-11(2-7-15)3-8-16(22)21-14-9-12-4-5-13(10-14)20-12;/h1-2,6-7,12-14,17,20H,3-5,8-10H2,(H,21,22);1H. The van der Waals surface area contributed by atoms with Gasteiger partial charge in [0.25, 0.3) is 0 Å². The molecule has 2 aliphatic heterocycles. The maximum absolute atomic E-state index is 12.1. The molecule has 3 rings (SSSR count). The number of carbonyl (C=O) groups is 1. The molecule has 24 heavy (non-hydrogen) atoms. The van der Waals surface area contributed by atoms with E-state index in [9.17, 15) is 13.6 Å². The highest BCUT2D eigenvalue weighted by Crippen LogP contribution is 2.26. The van der Waals surface area contributed by atoms with Crippen LogP contribution in [0, 0.1) is 0 Å². The molecule has 1 aromatic rings. The van der Waals surface area contributed by atoms with Gasteiger partial charge < -0.3 is 15.4 Å². The van der Waals surface area contributed by atoms with Gasteiger partial charge in [0.2, 0.25) is 5.91 Å². The minimum atomic E-state index is -2.81. The van der Waals surface area contributed by atoms with Crippen molar-refractivity contribution < 1.29 is 18.3 Å². The average Bonchev–Trinajstić information content (AvgIpc) is 2.85. The molecule has 2 atom stereocenters. The molecular formula is C17H23ClF2N2O2. The number of amides is 1. The van der Waals surface area contributed by atoms with Gasteiger partial charge in [-0.15, -0.1) is 12.4 Å². The Morgan fingerprint density at radius 1 is 1.21 bits per heavy atom. The third-order valence-electron chi connectivity index (χ3n) is 4.63. The van der Waals surface area contributed by atoms with Crippen molar-refractivity contribution in [2.24, 2.45) is 0 Å². The van der Waals surface area contributed by atoms with E-state index in [1.807, 2.05) is 0 Å². The summed E-state index contributed by atoms with van der Waals surface area (Å²) in [6.45, 7) is -2.81. The van der Waals surface area contributed by atoms with E-state index in [0.717, 1.165) is 18.4 Å². The van der Waals surface area contributed by atoms with Gasteiger partial charge in [0.1, 0.15) is 5.75 Å². The minimum Gasteiger partial charge on any atom is -0.435 e. The molecule has 134 valence electrons. The molecule has 0 aromatic heterocycles. The second kappa shape index (κ2) is 8.62. The summed E-state index contributed by atoms with van der Waals surface area (Å²) in [5.74, 6) is 0.197. The summed E-state index contributed by atoms with van der Waals surface area (Å²) in [7, 11) is 0. The molecule has 1 amide bonds. The number of carbonyl (C=O) groups excluding carboxylic acids is 1. The first kappa shape index (κ1) is 18.9. The number of rotatable bonds is 6. The SMILES string of the molecule is Cl.O=C(CCc1ccc(OC(F)F)cc1)NC1CC2CCC(C1)N2. The predicted molar refractivity (Wildman–Crippen MR) is 89.8 cm³/mol. The summed E-state index contributed by atoms with van der Waals surface area (Å²) in [5, 5.41) is 6.68. The summed E-state index contributed by atoms with van der Waals surface area (Å²) >= 11 is 0. The van der Waals surface area contributed by atoms with Crippen molar-refractivity contribution in [2.45, 2.75) is 63.3 Å². The van der Waals surface area contributed by atoms with Gasteiger partial charge in [-0.05, 0) is 49.8 Å². The van der Waals surface area contributed by atoms with Gasteiger partial charge in [0.05, 0.1) is 0 Å². The molecule has 2 unspecified atom stereocenters. The highest BCUT2D eigenvalue weighted by Gasteiger charge is 2.33. The lowest BCUT2D eigenvalue weighted by Crippen LogP contribution is -2.48. The van der Waals surface area contributed by atoms with Crippen LogP contribution in [0.2, 0.25) is 0 Å². The lowest BCUT2D eigenvalue weighted by molar-refractivity contribution is -0.122. The van der Waals surface area contributed by atoms with Crippen molar-refractivity contribution in [1.29, 1.82) is 0 Å². The van der Waals surface area contributed by atoms with Crippen molar-refractivity contribution in [3.63, 3.8) is 0 Å². The number of piperidine rings is 1. The molecule has 0 saturated carbocycles. The minimum absolute atomic E-state index is 0. The van der Waals surface area contributed by atoms with E-state index < -0.39 is 6.61 Å². The molecule has 2 bridgehead atoms. The van der Waals surface area contributed by atoms with Crippen LogP contribution in [0.4, 0.5) is 8.78 Å². The summed E-state index contributed by atoms with van der Waals surface area (Å²) < 4.78 is 28.5. The second-order valence-electron chi connectivity index (χ2n) is 6.40. The van der Waals surface area contributed by atoms with E-state index in [1.54, 1.807) is 12.1 Å². The first-order chi connectivity index (χ1) is 11.1. The van der Waals surface area contributed by atoms with E-state index in [4.69, 9.17) is 0 Å². The molecule has 2 saturated heterocycles. The zero-order valence-electron chi connectivity index (χ0n) is 13.3. The van der Waals surface area contributed by atoms with Gasteiger partial charge in [0.15, 0.2) is 0 Å². The molecule has 7 heteroatoms. The van der Waals surface area contributed by atoms with E-state index in [-0.39, 0.29) is 30.1 Å². The normalized spacial score (nSPS) is 25.2. The Bertz CT molecular complexity index is 530. The number of hydrogen-bond acceptors (Lipinski definition) is 3. The summed E-state index contributed by atoms with van der Waals surface area (Å²) in [4.78, 5) is 12.1. The largest absolute Gasteiger partial charge is 0.435 e. The fourth-order valence-electron chi connectivity index (χ4n) is 3.57. The van der Waals surface area contributed by atoms with E-state index in [1.165, 1.54) is 25.0 Å². The van der Waals surface area contributed by atoms with Crippen molar-refractivity contribution in [3.8, 4) is 5.75 Å². The molecule has 0 spiro atoms. The molecule has 0 radical (unpaired) electrons. The number of alkyl halides is 2. The number of ether oxygens (including phenoxy) is 1. The Morgan fingerprint density at radius 3 is 2.42 bits per heavy atom. The number of halogens is 3. The Balaban J connectivity index is 0.00000208. The summed E-state index contributed by atoms with van der Waals surface area (Å²) in [6, 6.07) is 7.84. The predicted octanol–water partition coefficient (Wildman–Crippen LogP) is 3.04. The van der Waals surface area contributed by atoms with E-state index in [2.05, 4.69) is 15.4 Å². The van der Waals surface area contributed by atoms with Crippen molar-refractivity contribution >= 4 is 18.3 Å². The number of fused-ring (bicyclic) bond motifs is 2. The van der Waals surface area contributed by atoms with Gasteiger partial charge in [-0.1, -0.05) is 12.1 Å². The Kier molecular flexibility index (Phi) is 6.80. The molecule has 2 heterocycles. The van der Waals surface area contributed by atoms with Crippen LogP contribution in [0.15, 0.2) is 24.3 Å². The fourth-order valence-corrected chi connectivity index (χ4v) is 3.57. The molecule has 2 N–H and O–H groups in total. The summed E-state index contributed by atoms with van der Waals surface area (Å²) in [6.07, 6.45) is 5.46. The smallest absolute Gasteiger partial charge is 0.387 e. The number of aryl methyl sites for hydroxylation is 1. The highest BCUT2D eigenvalue weighted by molar-refractivity contribution is 5.85. The first-order valence-corrected chi connectivity index (χ1v) is 8.17. The van der Waals surface area contributed by atoms with Crippen LogP contribution in [-0.4, -0.2) is 30.6 Å². The van der Waals surface area contributed by atoms with Gasteiger partial charge in [-0.25, -0.2) is 0 Å². The van der Waals surface area contributed by atoms with Crippen molar-refractivity contribution in [1.82, 2.24) is 10.6 Å². The number of nitrogens with one attached hydrogen (secondary N) is 2. The van der Waals surface area contributed by atoms with Crippen LogP contribution in [0.25, 0.3) is 0 Å². The van der Waals surface area contributed by atoms with Gasteiger partial charge >= 0.3 is 6.61 Å². The van der Waals surface area contributed by atoms with Gasteiger partial charge in [-0.3, -0.25) is 4.79 Å². The second-order valence-corrected chi connectivity index (χ2v) is 6.40. The topological polar surface area (TPSA) is 50.4 Å². The molecule has 2 fully saturated rings. The van der Waals surface area contributed by atoms with E-state index in [0.29, 0.717) is 24.9 Å². The maximum Gasteiger partial charge on any atom is 0.387 e. The van der Waals surface area contributed by atoms with Gasteiger partial charge in [0, 0.05) is 24.5 Å². The molecular weight excluding hydrogens is 338 g/mol. The zero-order chi connectivity index (χ0) is 16.2. The van der Waals surface area contributed by atoms with Crippen LogP contribution in [-0.2, 0) is 11.2 Å². The number of hydrogen-bond donors (Lipinski definition) is 2.